The van der Waals surface area contributed by atoms with E-state index < -0.39 is 0 Å². The number of rotatable bonds is 3. The average Bonchev–Trinajstić information content (AvgIpc) is 2.88. The highest BCUT2D eigenvalue weighted by atomic mass is 16.5. The Morgan fingerprint density at radius 1 is 1.29 bits per heavy atom. The zero-order valence-electron chi connectivity index (χ0n) is 13.5. The number of benzene rings is 1. The van der Waals surface area contributed by atoms with Crippen LogP contribution >= 0.6 is 0 Å². The highest BCUT2D eigenvalue weighted by Gasteiger charge is 2.39. The van der Waals surface area contributed by atoms with E-state index in [9.17, 15) is 0 Å². The smallest absolute Gasteiger partial charge is 0.119 e. The van der Waals surface area contributed by atoms with Crippen molar-refractivity contribution in [3.8, 4) is 5.75 Å². The molecular weight excluding hydrogens is 260 g/mol. The second-order valence-electron chi connectivity index (χ2n) is 6.63. The van der Waals surface area contributed by atoms with Gasteiger partial charge in [-0.15, -0.1) is 0 Å². The van der Waals surface area contributed by atoms with Gasteiger partial charge in [-0.05, 0) is 62.3 Å². The van der Waals surface area contributed by atoms with E-state index in [2.05, 4.69) is 36.9 Å². The van der Waals surface area contributed by atoms with Crippen LogP contribution in [0, 0.1) is 0 Å². The van der Waals surface area contributed by atoms with Gasteiger partial charge in [0.15, 0.2) is 0 Å². The first kappa shape index (κ1) is 14.9. The Morgan fingerprint density at radius 2 is 2.10 bits per heavy atom. The molecule has 1 aliphatic heterocycles. The normalized spacial score (nSPS) is 33.0. The Bertz CT molecular complexity index is 502. The van der Waals surface area contributed by atoms with Crippen LogP contribution in [0.25, 0.3) is 0 Å². The molecule has 1 aliphatic carbocycles. The first-order valence-electron chi connectivity index (χ1n) is 8.35. The average molecular weight is 288 g/mol. The molecule has 116 valence electrons. The summed E-state index contributed by atoms with van der Waals surface area (Å²) < 4.78 is 5.38. The fraction of sp³-hybridized carbons (Fsp3) is 0.667. The minimum Gasteiger partial charge on any atom is -0.497 e. The molecule has 3 rings (SSSR count). The van der Waals surface area contributed by atoms with Gasteiger partial charge in [0.25, 0.3) is 0 Å². The van der Waals surface area contributed by atoms with E-state index in [1.54, 1.807) is 7.11 Å². The van der Waals surface area contributed by atoms with Gasteiger partial charge in [0, 0.05) is 24.2 Å². The van der Waals surface area contributed by atoms with Crippen LogP contribution in [0.15, 0.2) is 18.2 Å². The van der Waals surface area contributed by atoms with Crippen LogP contribution in [-0.4, -0.2) is 30.1 Å². The van der Waals surface area contributed by atoms with Crippen LogP contribution in [-0.2, 0) is 6.42 Å². The predicted octanol–water partition coefficient (Wildman–Crippen LogP) is 3.27. The molecule has 0 saturated carbocycles. The minimum absolute atomic E-state index is 0.110. The van der Waals surface area contributed by atoms with Gasteiger partial charge < -0.3 is 10.5 Å². The molecular formula is C18H28N2O. The molecule has 0 amide bonds. The van der Waals surface area contributed by atoms with E-state index in [1.807, 2.05) is 0 Å². The number of nitrogens with two attached hydrogens (primary N) is 1. The van der Waals surface area contributed by atoms with Gasteiger partial charge in [-0.3, -0.25) is 4.90 Å². The summed E-state index contributed by atoms with van der Waals surface area (Å²) in [5, 5.41) is 0. The van der Waals surface area contributed by atoms with E-state index >= 15 is 0 Å². The lowest BCUT2D eigenvalue weighted by molar-refractivity contribution is 0.101. The summed E-state index contributed by atoms with van der Waals surface area (Å²) in [5.41, 5.74) is 9.37. The molecule has 4 atom stereocenters. The minimum atomic E-state index is 0.110. The first-order chi connectivity index (χ1) is 10.2. The molecule has 1 aromatic rings. The SMILES string of the molecule is CCC1CCC(C)N1C1CCc2ccc(OC)cc2C1N. The van der Waals surface area contributed by atoms with Crippen molar-refractivity contribution in [1.29, 1.82) is 0 Å². The number of nitrogens with zero attached hydrogens (tertiary/aromatic N) is 1. The maximum Gasteiger partial charge on any atom is 0.119 e. The van der Waals surface area contributed by atoms with Crippen molar-refractivity contribution in [3.63, 3.8) is 0 Å². The Hall–Kier alpha value is -1.06. The quantitative estimate of drug-likeness (QED) is 0.927. The summed E-state index contributed by atoms with van der Waals surface area (Å²) in [5.74, 6) is 0.923. The van der Waals surface area contributed by atoms with E-state index in [4.69, 9.17) is 10.5 Å². The van der Waals surface area contributed by atoms with E-state index in [0.717, 1.165) is 12.2 Å². The van der Waals surface area contributed by atoms with Crippen molar-refractivity contribution < 1.29 is 4.74 Å². The number of methoxy groups -OCH3 is 1. The molecule has 2 aliphatic rings. The summed E-state index contributed by atoms with van der Waals surface area (Å²) in [6.07, 6.45) is 6.19. The highest BCUT2D eigenvalue weighted by molar-refractivity contribution is 5.40. The fourth-order valence-corrected chi connectivity index (χ4v) is 4.37. The number of aryl methyl sites for hydroxylation is 1. The second kappa shape index (κ2) is 5.98. The number of likely N-dealkylation sites (tertiary alicyclic amines) is 1. The molecule has 2 N–H and O–H groups in total. The molecule has 1 fully saturated rings. The maximum atomic E-state index is 6.68. The molecule has 0 aromatic heterocycles. The number of ether oxygens (including phenoxy) is 1. The lowest BCUT2D eigenvalue weighted by Gasteiger charge is -2.42. The monoisotopic (exact) mass is 288 g/mol. The van der Waals surface area contributed by atoms with Crippen molar-refractivity contribution in [2.45, 2.75) is 70.1 Å². The van der Waals surface area contributed by atoms with Crippen LogP contribution < -0.4 is 10.5 Å². The summed E-state index contributed by atoms with van der Waals surface area (Å²) in [4.78, 5) is 2.72. The van der Waals surface area contributed by atoms with Gasteiger partial charge in [0.2, 0.25) is 0 Å². The lowest BCUT2D eigenvalue weighted by atomic mass is 9.83. The largest absolute Gasteiger partial charge is 0.497 e. The summed E-state index contributed by atoms with van der Waals surface area (Å²) in [7, 11) is 1.73. The molecule has 4 unspecified atom stereocenters. The molecule has 0 bridgehead atoms. The number of hydrogen-bond donors (Lipinski definition) is 1. The van der Waals surface area contributed by atoms with E-state index in [1.165, 1.54) is 36.8 Å². The Kier molecular flexibility index (Phi) is 4.23. The molecule has 0 radical (unpaired) electrons. The maximum absolute atomic E-state index is 6.68. The van der Waals surface area contributed by atoms with Gasteiger partial charge in [-0.1, -0.05) is 13.0 Å². The molecule has 21 heavy (non-hydrogen) atoms. The third-order valence-corrected chi connectivity index (χ3v) is 5.54. The summed E-state index contributed by atoms with van der Waals surface area (Å²) >= 11 is 0. The first-order valence-corrected chi connectivity index (χ1v) is 8.35. The van der Waals surface area contributed by atoms with Crippen molar-refractivity contribution in [2.75, 3.05) is 7.11 Å². The lowest BCUT2D eigenvalue weighted by Crippen LogP contribution is -2.50. The summed E-state index contributed by atoms with van der Waals surface area (Å²) in [6, 6.07) is 8.36. The van der Waals surface area contributed by atoms with Gasteiger partial charge in [0.1, 0.15) is 5.75 Å². The van der Waals surface area contributed by atoms with E-state index in [0.29, 0.717) is 18.1 Å². The van der Waals surface area contributed by atoms with E-state index in [-0.39, 0.29) is 6.04 Å². The van der Waals surface area contributed by atoms with Gasteiger partial charge in [-0.2, -0.15) is 0 Å². The van der Waals surface area contributed by atoms with Crippen molar-refractivity contribution in [1.82, 2.24) is 4.90 Å². The van der Waals surface area contributed by atoms with Crippen molar-refractivity contribution in [3.05, 3.63) is 29.3 Å². The molecule has 1 saturated heterocycles. The molecule has 3 heteroatoms. The molecule has 3 nitrogen and oxygen atoms in total. The Labute approximate surface area is 128 Å². The molecule has 0 spiro atoms. The van der Waals surface area contributed by atoms with Crippen LogP contribution in [0.1, 0.15) is 56.7 Å². The topological polar surface area (TPSA) is 38.5 Å². The highest BCUT2D eigenvalue weighted by Crippen LogP contribution is 2.39. The van der Waals surface area contributed by atoms with Crippen LogP contribution in [0.3, 0.4) is 0 Å². The van der Waals surface area contributed by atoms with Crippen LogP contribution in [0.2, 0.25) is 0 Å². The zero-order chi connectivity index (χ0) is 15.0. The molecule has 1 aromatic carbocycles. The third-order valence-electron chi connectivity index (χ3n) is 5.54. The van der Waals surface area contributed by atoms with Crippen LogP contribution in [0.5, 0.6) is 5.75 Å². The van der Waals surface area contributed by atoms with Gasteiger partial charge >= 0.3 is 0 Å². The van der Waals surface area contributed by atoms with Crippen LogP contribution in [0.4, 0.5) is 0 Å². The fourth-order valence-electron chi connectivity index (χ4n) is 4.37. The Morgan fingerprint density at radius 3 is 2.81 bits per heavy atom. The Balaban J connectivity index is 1.89. The third kappa shape index (κ3) is 2.58. The van der Waals surface area contributed by atoms with Crippen molar-refractivity contribution >= 4 is 0 Å². The number of fused-ring (bicyclic) bond motifs is 1. The zero-order valence-corrected chi connectivity index (χ0v) is 13.5. The predicted molar refractivity (Wildman–Crippen MR) is 86.6 cm³/mol. The van der Waals surface area contributed by atoms with Gasteiger partial charge in [0.05, 0.1) is 7.11 Å². The number of hydrogen-bond acceptors (Lipinski definition) is 3. The van der Waals surface area contributed by atoms with Gasteiger partial charge in [-0.25, -0.2) is 0 Å². The summed E-state index contributed by atoms with van der Waals surface area (Å²) in [6.45, 7) is 4.67. The van der Waals surface area contributed by atoms with Crippen molar-refractivity contribution in [2.24, 2.45) is 5.73 Å². The standard InChI is InChI=1S/C18H28N2O/c1-4-14-8-5-12(2)20(14)17-10-7-13-6-9-15(21-3)11-16(13)18(17)19/h6,9,11-12,14,17-18H,4-5,7-8,10,19H2,1-3H3. The second-order valence-corrected chi connectivity index (χ2v) is 6.63. The molecule has 1 heterocycles.